The van der Waals surface area contributed by atoms with Crippen LogP contribution in [0.25, 0.3) is 0 Å². The summed E-state index contributed by atoms with van der Waals surface area (Å²) in [6.07, 6.45) is 22.9. The average molecular weight is 453 g/mol. The maximum absolute atomic E-state index is 12.8. The van der Waals surface area contributed by atoms with Crippen molar-refractivity contribution in [3.63, 3.8) is 0 Å². The van der Waals surface area contributed by atoms with Crippen molar-refractivity contribution in [3.8, 4) is 0 Å². The van der Waals surface area contributed by atoms with Crippen molar-refractivity contribution < 1.29 is 14.3 Å². The van der Waals surface area contributed by atoms with Gasteiger partial charge in [-0.3, -0.25) is 9.59 Å². The van der Waals surface area contributed by atoms with Gasteiger partial charge in [0.2, 0.25) is 5.78 Å². The Bertz CT molecular complexity index is 820. The minimum Gasteiger partial charge on any atom is -0.423 e. The summed E-state index contributed by atoms with van der Waals surface area (Å²) in [4.78, 5) is 25.3. The molecule has 4 aliphatic rings. The van der Waals surface area contributed by atoms with Gasteiger partial charge in [-0.2, -0.15) is 0 Å². The Morgan fingerprint density at radius 1 is 1.06 bits per heavy atom. The Morgan fingerprint density at radius 2 is 1.82 bits per heavy atom. The van der Waals surface area contributed by atoms with E-state index >= 15 is 0 Å². The number of hydrogen-bond donors (Lipinski definition) is 0. The van der Waals surface area contributed by atoms with Gasteiger partial charge in [0.05, 0.1) is 0 Å². The zero-order valence-corrected chi connectivity index (χ0v) is 21.0. The molecule has 0 spiro atoms. The molecule has 0 radical (unpaired) electrons. The summed E-state index contributed by atoms with van der Waals surface area (Å²) >= 11 is 0. The fourth-order valence-electron chi connectivity index (χ4n) is 7.78. The van der Waals surface area contributed by atoms with Crippen LogP contribution in [0.2, 0.25) is 0 Å². The molecule has 3 heteroatoms. The SMILES string of the molecule is C=CCCCCCCCCC(=O)OC1=CC2(C)C(=CC1=O)CCC1C3CCCC3(C)CCC12. The number of carbonyl (C=O) groups excluding carboxylic acids is 2. The van der Waals surface area contributed by atoms with E-state index in [0.29, 0.717) is 17.8 Å². The second-order valence-corrected chi connectivity index (χ2v) is 11.7. The lowest BCUT2D eigenvalue weighted by atomic mass is 9.48. The molecule has 0 N–H and O–H groups in total. The number of unbranched alkanes of at least 4 members (excludes halogenated alkanes) is 6. The lowest BCUT2D eigenvalue weighted by Crippen LogP contribution is -2.48. The Hall–Kier alpha value is -1.64. The molecule has 0 aliphatic heterocycles. The number of fused-ring (bicyclic) bond motifs is 5. The molecule has 0 saturated heterocycles. The van der Waals surface area contributed by atoms with Crippen LogP contribution < -0.4 is 0 Å². The molecule has 3 fully saturated rings. The summed E-state index contributed by atoms with van der Waals surface area (Å²) in [7, 11) is 0. The first kappa shape index (κ1) is 24.5. The molecule has 3 nitrogen and oxygen atoms in total. The van der Waals surface area contributed by atoms with Crippen molar-refractivity contribution >= 4 is 11.8 Å². The number of ether oxygens (including phenoxy) is 1. The van der Waals surface area contributed by atoms with Crippen LogP contribution in [0.3, 0.4) is 0 Å². The van der Waals surface area contributed by atoms with E-state index in [-0.39, 0.29) is 22.9 Å². The predicted octanol–water partition coefficient (Wildman–Crippen LogP) is 7.86. The van der Waals surface area contributed by atoms with Crippen LogP contribution in [-0.2, 0) is 14.3 Å². The smallest absolute Gasteiger partial charge is 0.311 e. The van der Waals surface area contributed by atoms with E-state index in [1.165, 1.54) is 63.4 Å². The Kier molecular flexibility index (Phi) is 7.66. The van der Waals surface area contributed by atoms with Crippen molar-refractivity contribution in [2.75, 3.05) is 0 Å². The minimum absolute atomic E-state index is 0.113. The van der Waals surface area contributed by atoms with E-state index in [2.05, 4.69) is 26.5 Å². The summed E-state index contributed by atoms with van der Waals surface area (Å²) < 4.78 is 5.68. The van der Waals surface area contributed by atoms with Crippen LogP contribution in [0.15, 0.2) is 36.1 Å². The first-order chi connectivity index (χ1) is 15.9. The van der Waals surface area contributed by atoms with Gasteiger partial charge < -0.3 is 4.74 Å². The van der Waals surface area contributed by atoms with E-state index in [0.717, 1.165) is 43.9 Å². The van der Waals surface area contributed by atoms with Crippen LogP contribution >= 0.6 is 0 Å². The second kappa shape index (κ2) is 10.3. The summed E-state index contributed by atoms with van der Waals surface area (Å²) in [5.74, 6) is 2.05. The van der Waals surface area contributed by atoms with Gasteiger partial charge in [0, 0.05) is 11.8 Å². The molecule has 0 aromatic rings. The molecule has 33 heavy (non-hydrogen) atoms. The number of esters is 1. The molecular formula is C30H44O3. The van der Waals surface area contributed by atoms with Crippen molar-refractivity contribution in [1.82, 2.24) is 0 Å². The van der Waals surface area contributed by atoms with Gasteiger partial charge in [-0.1, -0.05) is 57.6 Å². The van der Waals surface area contributed by atoms with Crippen LogP contribution in [0, 0.1) is 28.6 Å². The molecule has 0 bridgehead atoms. The van der Waals surface area contributed by atoms with Crippen LogP contribution in [0.1, 0.15) is 110 Å². The number of ketones is 1. The van der Waals surface area contributed by atoms with Crippen molar-refractivity contribution in [2.45, 2.75) is 110 Å². The highest BCUT2D eigenvalue weighted by Gasteiger charge is 2.56. The quantitative estimate of drug-likeness (QED) is 0.192. The van der Waals surface area contributed by atoms with Gasteiger partial charge in [0.15, 0.2) is 5.76 Å². The van der Waals surface area contributed by atoms with E-state index in [4.69, 9.17) is 4.74 Å². The number of allylic oxidation sites excluding steroid dienone is 4. The normalized spacial score (nSPS) is 35.1. The number of hydrogen-bond acceptors (Lipinski definition) is 3. The highest BCUT2D eigenvalue weighted by molar-refractivity contribution is 6.05. The lowest BCUT2D eigenvalue weighted by molar-refractivity contribution is -0.142. The van der Waals surface area contributed by atoms with Crippen LogP contribution in [0.5, 0.6) is 0 Å². The Labute approximate surface area is 201 Å². The molecule has 0 aromatic heterocycles. The van der Waals surface area contributed by atoms with Gasteiger partial charge in [-0.05, 0) is 93.1 Å². The van der Waals surface area contributed by atoms with Gasteiger partial charge in [-0.25, -0.2) is 0 Å². The van der Waals surface area contributed by atoms with Gasteiger partial charge in [0.1, 0.15) is 0 Å². The maximum Gasteiger partial charge on any atom is 0.311 e. The maximum atomic E-state index is 12.8. The van der Waals surface area contributed by atoms with Crippen molar-refractivity contribution in [3.05, 3.63) is 36.1 Å². The zero-order valence-electron chi connectivity index (χ0n) is 21.0. The molecule has 0 aromatic carbocycles. The largest absolute Gasteiger partial charge is 0.423 e. The summed E-state index contributed by atoms with van der Waals surface area (Å²) in [6, 6.07) is 0. The monoisotopic (exact) mass is 452 g/mol. The molecule has 0 heterocycles. The third-order valence-electron chi connectivity index (χ3n) is 9.67. The standard InChI is InChI=1S/C30H44O3/c1-4-5-6-7-8-9-10-11-14-28(32)33-27-21-30(3)22(20-26(27)31)15-16-23-24-13-12-18-29(24,2)19-17-25(23)30/h4,20-21,23-25H,1,5-19H2,2-3H3. The summed E-state index contributed by atoms with van der Waals surface area (Å²) in [5, 5.41) is 0. The van der Waals surface area contributed by atoms with Gasteiger partial charge in [0.25, 0.3) is 0 Å². The first-order valence-electron chi connectivity index (χ1n) is 13.7. The fraction of sp³-hybridized carbons (Fsp3) is 0.733. The lowest BCUT2D eigenvalue weighted by Gasteiger charge is -2.56. The predicted molar refractivity (Wildman–Crippen MR) is 133 cm³/mol. The Morgan fingerprint density at radius 3 is 2.61 bits per heavy atom. The number of rotatable bonds is 10. The molecule has 5 unspecified atom stereocenters. The number of carbonyl (C=O) groups is 2. The van der Waals surface area contributed by atoms with Gasteiger partial charge in [-0.15, -0.1) is 6.58 Å². The third-order valence-corrected chi connectivity index (χ3v) is 9.67. The second-order valence-electron chi connectivity index (χ2n) is 11.7. The van der Waals surface area contributed by atoms with E-state index in [1.807, 2.05) is 12.2 Å². The van der Waals surface area contributed by atoms with Gasteiger partial charge >= 0.3 is 5.97 Å². The molecule has 5 atom stereocenters. The van der Waals surface area contributed by atoms with Crippen molar-refractivity contribution in [1.29, 1.82) is 0 Å². The van der Waals surface area contributed by atoms with Crippen molar-refractivity contribution in [2.24, 2.45) is 28.6 Å². The van der Waals surface area contributed by atoms with E-state index in [9.17, 15) is 9.59 Å². The molecule has 182 valence electrons. The highest BCUT2D eigenvalue weighted by atomic mass is 16.5. The van der Waals surface area contributed by atoms with E-state index in [1.54, 1.807) is 0 Å². The third kappa shape index (κ3) is 5.08. The topological polar surface area (TPSA) is 43.4 Å². The van der Waals surface area contributed by atoms with Crippen LogP contribution in [0.4, 0.5) is 0 Å². The molecule has 4 rings (SSSR count). The van der Waals surface area contributed by atoms with E-state index < -0.39 is 0 Å². The molecular weight excluding hydrogens is 408 g/mol. The Balaban J connectivity index is 1.34. The molecule has 4 aliphatic carbocycles. The fourth-order valence-corrected chi connectivity index (χ4v) is 7.78. The zero-order chi connectivity index (χ0) is 23.5. The first-order valence-corrected chi connectivity index (χ1v) is 13.7. The average Bonchev–Trinajstić information content (AvgIpc) is 3.18. The van der Waals surface area contributed by atoms with Crippen LogP contribution in [-0.4, -0.2) is 11.8 Å². The molecule has 3 saturated carbocycles. The highest BCUT2D eigenvalue weighted by Crippen LogP contribution is 2.64. The minimum atomic E-state index is -0.249. The summed E-state index contributed by atoms with van der Waals surface area (Å²) in [6.45, 7) is 8.58. The molecule has 0 amide bonds. The summed E-state index contributed by atoms with van der Waals surface area (Å²) in [5.41, 5.74) is 1.65.